The van der Waals surface area contributed by atoms with Crippen molar-refractivity contribution in [2.45, 2.75) is 96.1 Å². The SMILES string of the molecule is CNCC(=O)NCCCCCCNC(=O)OC1CC[C@]2(CO2)C([C@](C)(O)[C@H](C)CC=C(C)C)C1OC. The topological polar surface area (TPSA) is 121 Å². The lowest BCUT2D eigenvalue weighted by molar-refractivity contribution is -0.178. The van der Waals surface area contributed by atoms with Crippen molar-refractivity contribution in [3.8, 4) is 0 Å². The Morgan fingerprint density at radius 3 is 2.39 bits per heavy atom. The fourth-order valence-electron chi connectivity index (χ4n) is 5.30. The molecule has 208 valence electrons. The molecule has 3 unspecified atom stereocenters. The summed E-state index contributed by atoms with van der Waals surface area (Å²) < 4.78 is 17.6. The number of methoxy groups -OCH3 is 1. The number of hydrogen-bond acceptors (Lipinski definition) is 7. The van der Waals surface area contributed by atoms with Crippen molar-refractivity contribution in [3.63, 3.8) is 0 Å². The highest BCUT2D eigenvalue weighted by atomic mass is 16.6. The van der Waals surface area contributed by atoms with Crippen LogP contribution in [-0.4, -0.2) is 80.9 Å². The second-order valence-corrected chi connectivity index (χ2v) is 10.9. The van der Waals surface area contributed by atoms with Crippen molar-refractivity contribution in [2.24, 2.45) is 11.8 Å². The molecule has 1 saturated heterocycles. The molecule has 0 aromatic carbocycles. The minimum absolute atomic E-state index is 0.00394. The summed E-state index contributed by atoms with van der Waals surface area (Å²) in [6.45, 7) is 10.2. The lowest BCUT2D eigenvalue weighted by Crippen LogP contribution is -2.61. The van der Waals surface area contributed by atoms with Gasteiger partial charge in [0.25, 0.3) is 0 Å². The predicted molar refractivity (Wildman–Crippen MR) is 140 cm³/mol. The summed E-state index contributed by atoms with van der Waals surface area (Å²) in [5, 5.41) is 20.2. The molecule has 9 heteroatoms. The number of amides is 2. The summed E-state index contributed by atoms with van der Waals surface area (Å²) in [5.74, 6) is -0.305. The van der Waals surface area contributed by atoms with Crippen LogP contribution >= 0.6 is 0 Å². The summed E-state index contributed by atoms with van der Waals surface area (Å²) in [4.78, 5) is 23.9. The van der Waals surface area contributed by atoms with Crippen LogP contribution in [-0.2, 0) is 19.0 Å². The average Bonchev–Trinajstić information content (AvgIpc) is 3.59. The van der Waals surface area contributed by atoms with E-state index in [9.17, 15) is 14.7 Å². The molecule has 1 saturated carbocycles. The molecule has 9 nitrogen and oxygen atoms in total. The fourth-order valence-corrected chi connectivity index (χ4v) is 5.30. The third-order valence-corrected chi connectivity index (χ3v) is 7.70. The van der Waals surface area contributed by atoms with Gasteiger partial charge in [-0.3, -0.25) is 4.79 Å². The monoisotopic (exact) mass is 511 g/mol. The number of carbonyl (C=O) groups is 2. The van der Waals surface area contributed by atoms with E-state index in [0.29, 0.717) is 32.7 Å². The van der Waals surface area contributed by atoms with Crippen LogP contribution in [0.3, 0.4) is 0 Å². The quantitative estimate of drug-likeness (QED) is 0.152. The zero-order chi connectivity index (χ0) is 26.8. The van der Waals surface area contributed by atoms with E-state index in [1.165, 1.54) is 5.57 Å². The molecule has 6 atom stereocenters. The van der Waals surface area contributed by atoms with Crippen molar-refractivity contribution < 1.29 is 28.9 Å². The van der Waals surface area contributed by atoms with Crippen LogP contribution in [0.4, 0.5) is 4.79 Å². The maximum atomic E-state index is 12.5. The van der Waals surface area contributed by atoms with Gasteiger partial charge in [0.15, 0.2) is 0 Å². The molecule has 0 aromatic heterocycles. The number of hydrogen-bond donors (Lipinski definition) is 4. The van der Waals surface area contributed by atoms with Crippen LogP contribution in [0.15, 0.2) is 11.6 Å². The van der Waals surface area contributed by atoms with Crippen LogP contribution in [0.5, 0.6) is 0 Å². The van der Waals surface area contributed by atoms with E-state index in [1.54, 1.807) is 14.2 Å². The molecule has 1 aliphatic heterocycles. The molecule has 2 amide bonds. The molecule has 1 spiro atoms. The number of carbonyl (C=O) groups excluding carboxylic acids is 2. The maximum absolute atomic E-state index is 12.5. The first-order valence-corrected chi connectivity index (χ1v) is 13.5. The Hall–Kier alpha value is -1.68. The van der Waals surface area contributed by atoms with Crippen molar-refractivity contribution in [2.75, 3.05) is 40.4 Å². The molecule has 0 bridgehead atoms. The first-order chi connectivity index (χ1) is 17.1. The molecule has 0 radical (unpaired) electrons. The minimum atomic E-state index is -1.05. The number of rotatable bonds is 15. The molecule has 1 heterocycles. The summed E-state index contributed by atoms with van der Waals surface area (Å²) in [7, 11) is 3.36. The van der Waals surface area contributed by atoms with E-state index in [4.69, 9.17) is 14.2 Å². The van der Waals surface area contributed by atoms with E-state index >= 15 is 0 Å². The summed E-state index contributed by atoms with van der Waals surface area (Å²) >= 11 is 0. The smallest absolute Gasteiger partial charge is 0.407 e. The summed E-state index contributed by atoms with van der Waals surface area (Å²) in [6, 6.07) is 0. The van der Waals surface area contributed by atoms with Gasteiger partial charge in [-0.2, -0.15) is 0 Å². The van der Waals surface area contributed by atoms with Crippen LogP contribution < -0.4 is 16.0 Å². The summed E-state index contributed by atoms with van der Waals surface area (Å²) in [5.41, 5.74) is -0.239. The van der Waals surface area contributed by atoms with Crippen molar-refractivity contribution >= 4 is 12.0 Å². The number of unbranched alkanes of at least 4 members (excludes halogenated alkanes) is 3. The van der Waals surface area contributed by atoms with Gasteiger partial charge in [0.05, 0.1) is 24.4 Å². The Morgan fingerprint density at radius 2 is 1.83 bits per heavy atom. The second kappa shape index (κ2) is 14.3. The predicted octanol–water partition coefficient (Wildman–Crippen LogP) is 2.91. The number of epoxide rings is 1. The van der Waals surface area contributed by atoms with Crippen LogP contribution in [0.25, 0.3) is 0 Å². The maximum Gasteiger partial charge on any atom is 0.407 e. The zero-order valence-electron chi connectivity index (χ0n) is 23.2. The van der Waals surface area contributed by atoms with E-state index < -0.39 is 29.5 Å². The Kier molecular flexibility index (Phi) is 12.1. The third-order valence-electron chi connectivity index (χ3n) is 7.70. The van der Waals surface area contributed by atoms with Gasteiger partial charge in [-0.1, -0.05) is 31.4 Å². The number of aliphatic hydroxyl groups is 1. The molecule has 2 fully saturated rings. The Balaban J connectivity index is 1.81. The largest absolute Gasteiger partial charge is 0.443 e. The molecule has 2 aliphatic rings. The molecular formula is C27H49N3O6. The number of likely N-dealkylation sites (N-methyl/N-ethyl adjacent to an activating group) is 1. The first kappa shape index (κ1) is 30.5. The van der Waals surface area contributed by atoms with Gasteiger partial charge in [-0.05, 0) is 65.8 Å². The highest BCUT2D eigenvalue weighted by Crippen LogP contribution is 2.53. The van der Waals surface area contributed by atoms with Gasteiger partial charge < -0.3 is 35.3 Å². The van der Waals surface area contributed by atoms with Gasteiger partial charge in [-0.25, -0.2) is 4.79 Å². The minimum Gasteiger partial charge on any atom is -0.443 e. The first-order valence-electron chi connectivity index (χ1n) is 13.5. The third kappa shape index (κ3) is 8.71. The number of ether oxygens (including phenoxy) is 3. The second-order valence-electron chi connectivity index (χ2n) is 10.9. The zero-order valence-corrected chi connectivity index (χ0v) is 23.2. The van der Waals surface area contributed by atoms with Gasteiger partial charge in [0.2, 0.25) is 5.91 Å². The van der Waals surface area contributed by atoms with Crippen molar-refractivity contribution in [1.82, 2.24) is 16.0 Å². The normalized spacial score (nSPS) is 27.6. The van der Waals surface area contributed by atoms with Gasteiger partial charge >= 0.3 is 6.09 Å². The van der Waals surface area contributed by atoms with E-state index in [1.807, 2.05) is 6.92 Å². The molecule has 4 N–H and O–H groups in total. The van der Waals surface area contributed by atoms with E-state index in [0.717, 1.165) is 38.5 Å². The number of allylic oxidation sites excluding steroid dienone is 2. The standard InChI is InChI=1S/C27H49N3O6/c1-19(2)11-12-20(3)26(4,33)24-23(34-6)21(13-14-27(24)18-35-27)36-25(32)30-16-10-8-7-9-15-29-22(31)17-28-5/h11,20-21,23-24,28,33H,7-10,12-18H2,1-6H3,(H,29,31)(H,30,32)/t20-,21?,23?,24?,26-,27+/m1/s1. The molecule has 0 aromatic rings. The lowest BCUT2D eigenvalue weighted by Gasteiger charge is -2.49. The van der Waals surface area contributed by atoms with E-state index in [-0.39, 0.29) is 17.7 Å². The fraction of sp³-hybridized carbons (Fsp3) is 0.852. The molecule has 2 rings (SSSR count). The number of alkyl carbamates (subject to hydrolysis) is 1. The lowest BCUT2D eigenvalue weighted by atomic mass is 9.63. The van der Waals surface area contributed by atoms with Gasteiger partial charge in [-0.15, -0.1) is 0 Å². The Morgan fingerprint density at radius 1 is 1.19 bits per heavy atom. The Bertz CT molecular complexity index is 733. The van der Waals surface area contributed by atoms with Crippen LogP contribution in [0.1, 0.15) is 72.6 Å². The van der Waals surface area contributed by atoms with Crippen LogP contribution in [0, 0.1) is 11.8 Å². The van der Waals surface area contributed by atoms with Crippen LogP contribution in [0.2, 0.25) is 0 Å². The molecule has 36 heavy (non-hydrogen) atoms. The highest BCUT2D eigenvalue weighted by Gasteiger charge is 2.65. The average molecular weight is 512 g/mol. The Labute approximate surface area is 217 Å². The van der Waals surface area contributed by atoms with E-state index in [2.05, 4.69) is 42.8 Å². The molecular weight excluding hydrogens is 462 g/mol. The summed E-state index contributed by atoms with van der Waals surface area (Å²) in [6.07, 6.45) is 6.61. The highest BCUT2D eigenvalue weighted by molar-refractivity contribution is 5.77. The number of nitrogens with one attached hydrogen (secondary N) is 3. The van der Waals surface area contributed by atoms with Gasteiger partial charge in [0, 0.05) is 26.1 Å². The molecule has 1 aliphatic carbocycles. The van der Waals surface area contributed by atoms with Crippen molar-refractivity contribution in [3.05, 3.63) is 11.6 Å². The van der Waals surface area contributed by atoms with Crippen molar-refractivity contribution in [1.29, 1.82) is 0 Å². The van der Waals surface area contributed by atoms with Gasteiger partial charge in [0.1, 0.15) is 12.2 Å².